The molecule has 4 nitrogen and oxygen atoms in total. The van der Waals surface area contributed by atoms with Crippen molar-refractivity contribution in [2.75, 3.05) is 18.5 Å². The van der Waals surface area contributed by atoms with Gasteiger partial charge in [-0.3, -0.25) is 4.48 Å². The molecule has 10 atom stereocenters. The van der Waals surface area contributed by atoms with Gasteiger partial charge in [0.2, 0.25) is 0 Å². The molecular weight excluding hydrogens is 348 g/mol. The molecule has 0 amide bonds. The van der Waals surface area contributed by atoms with Crippen LogP contribution in [0.1, 0.15) is 51.5 Å². The predicted molar refractivity (Wildman–Crippen MR) is 110 cm³/mol. The number of nitrogens with zero attached hydrogens (tertiary/aromatic N) is 2. The van der Waals surface area contributed by atoms with Gasteiger partial charge in [-0.05, 0) is 30.4 Å². The Labute approximate surface area is 168 Å². The van der Waals surface area contributed by atoms with E-state index in [-0.39, 0.29) is 17.7 Å². The summed E-state index contributed by atoms with van der Waals surface area (Å²) in [4.78, 5) is 2.49. The number of likely N-dealkylation sites (N-methyl/N-ethyl adjacent to an activating group) is 1. The Hall–Kier alpha value is -1.10. The highest BCUT2D eigenvalue weighted by molar-refractivity contribution is 5.66. The van der Waals surface area contributed by atoms with Crippen molar-refractivity contribution in [2.24, 2.45) is 17.8 Å². The Morgan fingerprint density at radius 2 is 1.96 bits per heavy atom. The number of para-hydroxylation sites is 1. The van der Waals surface area contributed by atoms with Gasteiger partial charge in [0, 0.05) is 37.4 Å². The summed E-state index contributed by atoms with van der Waals surface area (Å²) in [5.41, 5.74) is 2.56. The van der Waals surface area contributed by atoms with Gasteiger partial charge in [0.05, 0.1) is 30.1 Å². The standard InChI is InChI=1S/C24H35N2O2/c1-4-6-11-26-18-12-15(14(5-2)23(26)28)20-19(26)13-24(22(20)27)16-9-7-8-10-17(16)25(3)21(18)24/h7-10,14-15,18-23,27-28H,4-6,11-13H2,1-3H3/q+1/t14-,15-,18-,19-,20-,21-,22-,23+,24+,26-/m0/s1. The van der Waals surface area contributed by atoms with Gasteiger partial charge >= 0.3 is 0 Å². The van der Waals surface area contributed by atoms with Gasteiger partial charge in [-0.15, -0.1) is 0 Å². The number of piperidine rings is 4. The van der Waals surface area contributed by atoms with Gasteiger partial charge in [-0.2, -0.15) is 0 Å². The number of anilines is 1. The molecule has 2 N–H and O–H groups in total. The van der Waals surface area contributed by atoms with Crippen molar-refractivity contribution in [3.63, 3.8) is 0 Å². The van der Waals surface area contributed by atoms with Crippen LogP contribution in [-0.2, 0) is 5.41 Å². The Balaban J connectivity index is 1.59. The van der Waals surface area contributed by atoms with E-state index in [4.69, 9.17) is 0 Å². The summed E-state index contributed by atoms with van der Waals surface area (Å²) in [5.74, 6) is 1.18. The third kappa shape index (κ3) is 1.61. The van der Waals surface area contributed by atoms with Gasteiger partial charge < -0.3 is 15.1 Å². The fraction of sp³-hybridized carbons (Fsp3) is 0.750. The second-order valence-electron chi connectivity index (χ2n) is 10.4. The molecule has 0 radical (unpaired) electrons. The first kappa shape index (κ1) is 17.7. The Morgan fingerprint density at radius 3 is 2.71 bits per heavy atom. The number of fused-ring (bicyclic) bond motifs is 2. The van der Waals surface area contributed by atoms with E-state index in [0.717, 1.165) is 23.9 Å². The van der Waals surface area contributed by atoms with Crippen LogP contribution in [0.4, 0.5) is 5.69 Å². The van der Waals surface area contributed by atoms with E-state index in [1.165, 1.54) is 30.5 Å². The van der Waals surface area contributed by atoms with Crippen LogP contribution in [-0.4, -0.2) is 58.7 Å². The lowest BCUT2D eigenvalue weighted by Gasteiger charge is -2.68. The third-order valence-electron chi connectivity index (χ3n) is 10.0. The number of quaternary nitrogens is 1. The number of aliphatic hydroxyl groups is 2. The van der Waals surface area contributed by atoms with E-state index in [2.05, 4.69) is 50.1 Å². The largest absolute Gasteiger partial charge is 0.392 e. The third-order valence-corrected chi connectivity index (χ3v) is 10.0. The van der Waals surface area contributed by atoms with Gasteiger partial charge in [0.1, 0.15) is 6.04 Å². The van der Waals surface area contributed by atoms with Crippen LogP contribution in [0, 0.1) is 17.8 Å². The Kier molecular flexibility index (Phi) is 3.50. The summed E-state index contributed by atoms with van der Waals surface area (Å²) in [6, 6.07) is 10.00. The van der Waals surface area contributed by atoms with Crippen LogP contribution >= 0.6 is 0 Å². The number of unbranched alkanes of at least 4 members (excludes halogenated alkanes) is 1. The number of aliphatic hydroxyl groups excluding tert-OH is 2. The first-order valence-corrected chi connectivity index (χ1v) is 11.6. The maximum Gasteiger partial charge on any atom is 0.194 e. The molecule has 152 valence electrons. The zero-order chi connectivity index (χ0) is 19.4. The van der Waals surface area contributed by atoms with E-state index in [1.54, 1.807) is 0 Å². The van der Waals surface area contributed by atoms with Crippen molar-refractivity contribution in [1.82, 2.24) is 0 Å². The van der Waals surface area contributed by atoms with Crippen molar-refractivity contribution >= 4 is 5.69 Å². The fourth-order valence-corrected chi connectivity index (χ4v) is 9.27. The predicted octanol–water partition coefficient (Wildman–Crippen LogP) is 2.87. The topological polar surface area (TPSA) is 43.7 Å². The maximum atomic E-state index is 12.0. The van der Waals surface area contributed by atoms with Crippen LogP contribution in [0.3, 0.4) is 0 Å². The minimum Gasteiger partial charge on any atom is -0.392 e. The summed E-state index contributed by atoms with van der Waals surface area (Å²) >= 11 is 0. The minimum atomic E-state index is -0.272. The van der Waals surface area contributed by atoms with Crippen LogP contribution in [0.25, 0.3) is 0 Å². The summed E-state index contributed by atoms with van der Waals surface area (Å²) < 4.78 is 0.884. The lowest BCUT2D eigenvalue weighted by Crippen LogP contribution is -2.83. The molecular formula is C24H35N2O2+. The lowest BCUT2D eigenvalue weighted by atomic mass is 9.60. The number of benzene rings is 1. The molecule has 5 aliphatic heterocycles. The van der Waals surface area contributed by atoms with Crippen LogP contribution < -0.4 is 4.90 Å². The number of hydrogen-bond donors (Lipinski definition) is 2. The zero-order valence-corrected chi connectivity index (χ0v) is 17.5. The molecule has 1 spiro atoms. The van der Waals surface area contributed by atoms with E-state index < -0.39 is 0 Å². The molecule has 28 heavy (non-hydrogen) atoms. The van der Waals surface area contributed by atoms with Gasteiger partial charge in [-0.1, -0.05) is 38.5 Å². The number of hydrogen-bond acceptors (Lipinski definition) is 3. The number of rotatable bonds is 4. The Morgan fingerprint density at radius 1 is 1.18 bits per heavy atom. The molecule has 5 bridgehead atoms. The van der Waals surface area contributed by atoms with Crippen molar-refractivity contribution in [3.8, 4) is 0 Å². The summed E-state index contributed by atoms with van der Waals surface area (Å²) in [6.45, 7) is 5.59. The fourth-order valence-electron chi connectivity index (χ4n) is 9.27. The first-order chi connectivity index (χ1) is 13.5. The van der Waals surface area contributed by atoms with Crippen LogP contribution in [0.15, 0.2) is 24.3 Å². The minimum absolute atomic E-state index is 0.129. The highest BCUT2D eigenvalue weighted by Crippen LogP contribution is 2.71. The van der Waals surface area contributed by atoms with Crippen molar-refractivity contribution in [2.45, 2.75) is 81.8 Å². The molecule has 7 rings (SSSR count). The molecule has 4 heteroatoms. The van der Waals surface area contributed by atoms with Crippen LogP contribution in [0.5, 0.6) is 0 Å². The molecule has 1 saturated carbocycles. The lowest BCUT2D eigenvalue weighted by molar-refractivity contribution is -1.04. The monoisotopic (exact) mass is 383 g/mol. The SMILES string of the molecule is CCCC[N@+]12[C@H](O)[C@@H](CC)[C@@H]3C[C@H]1[C@@H]1N(C)c4ccccc4[C@]14C[C@H]2[C@H]3[C@@H]4O. The van der Waals surface area contributed by atoms with Gasteiger partial charge in [-0.25, -0.2) is 0 Å². The van der Waals surface area contributed by atoms with Crippen molar-refractivity contribution in [1.29, 1.82) is 0 Å². The molecule has 5 heterocycles. The summed E-state index contributed by atoms with van der Waals surface area (Å²) in [6.07, 6.45) is 5.09. The van der Waals surface area contributed by atoms with E-state index in [0.29, 0.717) is 35.9 Å². The van der Waals surface area contributed by atoms with Gasteiger partial charge in [0.25, 0.3) is 0 Å². The Bertz CT molecular complexity index is 814. The first-order valence-electron chi connectivity index (χ1n) is 11.6. The molecule has 1 aromatic carbocycles. The molecule has 0 unspecified atom stereocenters. The highest BCUT2D eigenvalue weighted by atomic mass is 16.3. The molecule has 4 saturated heterocycles. The molecule has 1 aliphatic carbocycles. The second kappa shape index (κ2) is 5.53. The van der Waals surface area contributed by atoms with E-state index in [1.807, 2.05) is 0 Å². The molecule has 6 aliphatic rings. The van der Waals surface area contributed by atoms with E-state index in [9.17, 15) is 10.2 Å². The van der Waals surface area contributed by atoms with E-state index >= 15 is 0 Å². The molecule has 5 fully saturated rings. The van der Waals surface area contributed by atoms with Crippen molar-refractivity contribution < 1.29 is 14.7 Å². The maximum absolute atomic E-state index is 12.0. The zero-order valence-electron chi connectivity index (χ0n) is 17.5. The van der Waals surface area contributed by atoms with Gasteiger partial charge in [0.15, 0.2) is 6.23 Å². The average Bonchev–Trinajstić information content (AvgIpc) is 3.09. The van der Waals surface area contributed by atoms with Crippen LogP contribution in [0.2, 0.25) is 0 Å². The normalized spacial score (nSPS) is 52.2. The molecule has 0 aromatic heterocycles. The summed E-state index contributed by atoms with van der Waals surface area (Å²) in [7, 11) is 2.24. The average molecular weight is 384 g/mol. The molecule has 1 aromatic rings. The summed E-state index contributed by atoms with van der Waals surface area (Å²) in [5, 5.41) is 23.7. The quantitative estimate of drug-likeness (QED) is 0.786. The highest BCUT2D eigenvalue weighted by Gasteiger charge is 2.82. The smallest absolute Gasteiger partial charge is 0.194 e. The second-order valence-corrected chi connectivity index (χ2v) is 10.4. The van der Waals surface area contributed by atoms with Crippen molar-refractivity contribution in [3.05, 3.63) is 29.8 Å².